The van der Waals surface area contributed by atoms with E-state index in [1.165, 1.54) is 35.3 Å². The Morgan fingerprint density at radius 2 is 1.89 bits per heavy atom. The van der Waals surface area contributed by atoms with Gasteiger partial charge in [-0.2, -0.15) is 8.78 Å². The van der Waals surface area contributed by atoms with E-state index in [2.05, 4.69) is 10.3 Å². The number of rotatable bonds is 8. The van der Waals surface area contributed by atoms with Crippen LogP contribution in [0.1, 0.15) is 52.7 Å². The third-order valence-corrected chi connectivity index (χ3v) is 11.6. The molecular weight excluding hydrogens is 675 g/mol. The number of carbonyl (C=O) groups is 4. The average molecular weight is 710 g/mol. The van der Waals surface area contributed by atoms with Crippen LogP contribution in [0, 0.1) is 0 Å². The highest BCUT2D eigenvalue weighted by Gasteiger charge is 2.47. The van der Waals surface area contributed by atoms with Crippen LogP contribution >= 0.6 is 31.0 Å². The summed E-state index contributed by atoms with van der Waals surface area (Å²) in [6.45, 7) is 3.00. The second-order valence-electron chi connectivity index (χ2n) is 11.9. The molecule has 1 aromatic carbocycles. The van der Waals surface area contributed by atoms with Gasteiger partial charge in [0.05, 0.1) is 28.0 Å². The molecule has 3 aliphatic heterocycles. The molecule has 3 N–H and O–H groups in total. The lowest BCUT2D eigenvalue weighted by Gasteiger charge is -2.39. The highest BCUT2D eigenvalue weighted by molar-refractivity contribution is 7.46. The van der Waals surface area contributed by atoms with Crippen molar-refractivity contribution in [1.29, 1.82) is 0 Å². The van der Waals surface area contributed by atoms with Crippen LogP contribution in [0.3, 0.4) is 0 Å². The second-order valence-corrected chi connectivity index (χ2v) is 15.1. The molecule has 4 atom stereocenters. The molecular formula is C30H34F2N5O7PS2. The molecule has 47 heavy (non-hydrogen) atoms. The highest BCUT2D eigenvalue weighted by Crippen LogP contribution is 2.53. The summed E-state index contributed by atoms with van der Waals surface area (Å²) in [5, 5.41) is 3.05. The number of hydrogen-bond donors (Lipinski definition) is 3. The normalized spacial score (nSPS) is 23.7. The fourth-order valence-corrected chi connectivity index (χ4v) is 8.32. The van der Waals surface area contributed by atoms with Crippen molar-refractivity contribution in [2.45, 2.75) is 69.1 Å². The van der Waals surface area contributed by atoms with Crippen molar-refractivity contribution in [3.8, 4) is 0 Å². The molecule has 0 saturated carbocycles. The first-order chi connectivity index (χ1) is 22.4. The van der Waals surface area contributed by atoms with Gasteiger partial charge in [0.25, 0.3) is 5.91 Å². The molecule has 3 aromatic rings. The molecule has 17 heteroatoms. The van der Waals surface area contributed by atoms with E-state index < -0.39 is 43.5 Å². The lowest BCUT2D eigenvalue weighted by Crippen LogP contribution is -2.61. The number of fused-ring (bicyclic) bond motifs is 2. The Hall–Kier alpha value is -3.14. The number of likely N-dealkylation sites (tertiary alicyclic amines) is 1. The standard InChI is InChI=1S/C30H34F2N5O7PS2/c1-17(38)35-8-6-20-3-4-24(29(41)36-9-7-21(13-36)44-15-22-12-33-16-46-22)37(20)28(40)23(14-35)34-27(39)26-11-18-10-19(2-5-25(18)47-26)30(31,32)45(42)43/h2,5,10-12,16,20-21,23-24,42-43H,3-4,6-9,13-15H2,1H3,(H,34,39)/t20-,21?,23+,24+/m1/s1. The lowest BCUT2D eigenvalue weighted by molar-refractivity contribution is -0.148. The van der Waals surface area contributed by atoms with Gasteiger partial charge in [-0.3, -0.25) is 24.2 Å². The van der Waals surface area contributed by atoms with E-state index in [4.69, 9.17) is 14.5 Å². The largest absolute Gasteiger partial charge is 0.371 e. The number of amides is 4. The minimum Gasteiger partial charge on any atom is -0.371 e. The first-order valence-corrected chi connectivity index (χ1v) is 18.1. The maximum absolute atomic E-state index is 14.2. The van der Waals surface area contributed by atoms with Crippen LogP contribution in [0.2, 0.25) is 0 Å². The fraction of sp³-hybridized carbons (Fsp3) is 0.500. The second kappa shape index (κ2) is 13.8. The van der Waals surface area contributed by atoms with E-state index in [-0.39, 0.29) is 35.4 Å². The molecule has 252 valence electrons. The number of benzene rings is 1. The molecule has 12 nitrogen and oxygen atoms in total. The van der Waals surface area contributed by atoms with Gasteiger partial charge in [0.15, 0.2) is 0 Å². The first kappa shape index (κ1) is 33.7. The van der Waals surface area contributed by atoms with E-state index in [0.717, 1.165) is 28.3 Å². The van der Waals surface area contributed by atoms with Gasteiger partial charge in [0.1, 0.15) is 12.1 Å². The summed E-state index contributed by atoms with van der Waals surface area (Å²) in [4.78, 5) is 82.3. The number of ether oxygens (including phenoxy) is 1. The molecule has 1 unspecified atom stereocenters. The molecule has 5 heterocycles. The zero-order valence-corrected chi connectivity index (χ0v) is 27.9. The number of aromatic nitrogens is 1. The zero-order valence-electron chi connectivity index (χ0n) is 25.4. The van der Waals surface area contributed by atoms with Crippen LogP contribution in [0.15, 0.2) is 36.0 Å². The predicted octanol–water partition coefficient (Wildman–Crippen LogP) is 3.23. The van der Waals surface area contributed by atoms with E-state index in [9.17, 15) is 28.0 Å². The summed E-state index contributed by atoms with van der Waals surface area (Å²) < 4.78 is 35.0. The predicted molar refractivity (Wildman–Crippen MR) is 171 cm³/mol. The average Bonchev–Trinajstić information content (AvgIpc) is 3.85. The Bertz CT molecular complexity index is 1660. The molecule has 0 bridgehead atoms. The maximum atomic E-state index is 14.2. The summed E-state index contributed by atoms with van der Waals surface area (Å²) in [7, 11) is -3.56. The van der Waals surface area contributed by atoms with Gasteiger partial charge in [-0.25, -0.2) is 0 Å². The van der Waals surface area contributed by atoms with Gasteiger partial charge >= 0.3 is 5.66 Å². The van der Waals surface area contributed by atoms with E-state index in [0.29, 0.717) is 62.0 Å². The molecule has 2 aromatic heterocycles. The number of carbonyl (C=O) groups excluding carboxylic acids is 4. The van der Waals surface area contributed by atoms with Crippen LogP contribution in [-0.2, 0) is 31.4 Å². The molecule has 3 saturated heterocycles. The Kier molecular flexibility index (Phi) is 9.89. The molecule has 4 amide bonds. The Morgan fingerprint density at radius 1 is 1.11 bits per heavy atom. The van der Waals surface area contributed by atoms with E-state index in [1.54, 1.807) is 21.5 Å². The highest BCUT2D eigenvalue weighted by atomic mass is 32.1. The van der Waals surface area contributed by atoms with Crippen LogP contribution in [0.25, 0.3) is 10.1 Å². The third-order valence-electron chi connectivity index (χ3n) is 8.97. The quantitative estimate of drug-likeness (QED) is 0.302. The van der Waals surface area contributed by atoms with Crippen molar-refractivity contribution in [1.82, 2.24) is 25.0 Å². The molecule has 3 fully saturated rings. The number of alkyl halides is 2. The Labute approximate surface area is 278 Å². The van der Waals surface area contributed by atoms with Crippen LogP contribution in [-0.4, -0.2) is 104 Å². The van der Waals surface area contributed by atoms with E-state index >= 15 is 0 Å². The van der Waals surface area contributed by atoms with Crippen LogP contribution < -0.4 is 5.32 Å². The Balaban J connectivity index is 1.18. The van der Waals surface area contributed by atoms with Crippen molar-refractivity contribution < 1.29 is 42.5 Å². The SMILES string of the molecule is CC(=O)N1CC[C@H]2CC[C@@H](C(=O)N3CCC(OCc4cncs4)C3)N2C(=O)[C@@H](NC(=O)c2cc3cc(C(F)(F)P(O)O)ccc3s2)C1. The van der Waals surface area contributed by atoms with Gasteiger partial charge in [0, 0.05) is 55.6 Å². The smallest absolute Gasteiger partial charge is 0.339 e. The van der Waals surface area contributed by atoms with Crippen molar-refractivity contribution in [3.05, 3.63) is 51.3 Å². The summed E-state index contributed by atoms with van der Waals surface area (Å²) in [5.74, 6) is -1.50. The van der Waals surface area contributed by atoms with Gasteiger partial charge in [-0.05, 0) is 49.3 Å². The lowest BCUT2D eigenvalue weighted by atomic mass is 10.1. The molecule has 6 rings (SSSR count). The molecule has 3 aliphatic rings. The molecule has 0 aliphatic carbocycles. The topological polar surface area (TPSA) is 153 Å². The summed E-state index contributed by atoms with van der Waals surface area (Å²) >= 11 is 2.53. The van der Waals surface area contributed by atoms with Crippen LogP contribution in [0.5, 0.6) is 0 Å². The third kappa shape index (κ3) is 7.03. The maximum Gasteiger partial charge on any atom is 0.339 e. The monoisotopic (exact) mass is 709 g/mol. The molecule has 0 radical (unpaired) electrons. The zero-order chi connectivity index (χ0) is 33.5. The minimum absolute atomic E-state index is 0.0843. The minimum atomic E-state index is -3.85. The van der Waals surface area contributed by atoms with Gasteiger partial charge < -0.3 is 34.5 Å². The van der Waals surface area contributed by atoms with Crippen LogP contribution in [0.4, 0.5) is 8.78 Å². The first-order valence-electron chi connectivity index (χ1n) is 15.2. The Morgan fingerprint density at radius 3 is 2.62 bits per heavy atom. The fourth-order valence-electron chi connectivity index (χ4n) is 6.49. The number of thiazole rings is 1. The number of thiophene rings is 1. The van der Waals surface area contributed by atoms with Crippen molar-refractivity contribution in [2.75, 3.05) is 26.2 Å². The van der Waals surface area contributed by atoms with Gasteiger partial charge in [-0.1, -0.05) is 6.07 Å². The number of nitrogens with one attached hydrogen (secondary N) is 1. The summed E-state index contributed by atoms with van der Waals surface area (Å²) in [5.41, 5.74) is -2.70. The number of nitrogens with zero attached hydrogens (tertiary/aromatic N) is 4. The van der Waals surface area contributed by atoms with Gasteiger partial charge in [-0.15, -0.1) is 22.7 Å². The van der Waals surface area contributed by atoms with Crippen molar-refractivity contribution in [3.63, 3.8) is 0 Å². The summed E-state index contributed by atoms with van der Waals surface area (Å²) in [6, 6.07) is 2.81. The van der Waals surface area contributed by atoms with E-state index in [1.807, 2.05) is 0 Å². The molecule has 0 spiro atoms. The van der Waals surface area contributed by atoms with Crippen molar-refractivity contribution in [2.24, 2.45) is 0 Å². The summed E-state index contributed by atoms with van der Waals surface area (Å²) in [6.07, 6.45) is 3.85. The van der Waals surface area contributed by atoms with Gasteiger partial charge in [0.2, 0.25) is 26.1 Å². The van der Waals surface area contributed by atoms with Crippen molar-refractivity contribution >= 4 is 64.8 Å². The number of hydrogen-bond acceptors (Lipinski definition) is 10. The number of halogens is 2.